The van der Waals surface area contributed by atoms with E-state index in [2.05, 4.69) is 34.6 Å². The van der Waals surface area contributed by atoms with Gasteiger partial charge in [0.25, 0.3) is 0 Å². The minimum Gasteiger partial charge on any atom is -0.382 e. The highest BCUT2D eigenvalue weighted by atomic mass is 35.5. The number of halogens is 1. The second-order valence-electron chi connectivity index (χ2n) is 4.74. The van der Waals surface area contributed by atoms with Gasteiger partial charge < -0.3 is 5.32 Å². The maximum absolute atomic E-state index is 6.01. The van der Waals surface area contributed by atoms with Crippen molar-refractivity contribution in [2.45, 2.75) is 31.2 Å². The molecule has 0 saturated heterocycles. The summed E-state index contributed by atoms with van der Waals surface area (Å²) in [5.74, 6) is 0. The normalized spacial score (nSPS) is 23.4. The van der Waals surface area contributed by atoms with Crippen LogP contribution in [0.5, 0.6) is 0 Å². The Morgan fingerprint density at radius 1 is 1.29 bits per heavy atom. The van der Waals surface area contributed by atoms with E-state index >= 15 is 0 Å². The zero-order valence-electron chi connectivity index (χ0n) is 9.78. The lowest BCUT2D eigenvalue weighted by Crippen LogP contribution is -2.36. The quantitative estimate of drug-likeness (QED) is 0.817. The monoisotopic (exact) mass is 246 g/mol. The molecule has 1 saturated carbocycles. The summed E-state index contributed by atoms with van der Waals surface area (Å²) in [7, 11) is 0. The molecule has 3 heteroatoms. The van der Waals surface area contributed by atoms with E-state index in [1.807, 2.05) is 13.0 Å². The number of fused-ring (bicyclic) bond motifs is 1. The highest BCUT2D eigenvalue weighted by Gasteiger charge is 2.27. The fourth-order valence-electron chi connectivity index (χ4n) is 2.31. The van der Waals surface area contributed by atoms with Crippen molar-refractivity contribution in [3.05, 3.63) is 36.0 Å². The average molecular weight is 247 g/mol. The number of nitrogens with one attached hydrogen (secondary N) is 1. The molecule has 1 aliphatic rings. The Balaban J connectivity index is 1.97. The molecular formula is C14H15ClN2. The predicted octanol–water partition coefficient (Wildman–Crippen LogP) is 3.72. The number of nitrogens with zero attached hydrogens (tertiary/aromatic N) is 1. The van der Waals surface area contributed by atoms with Gasteiger partial charge in [0, 0.05) is 28.2 Å². The van der Waals surface area contributed by atoms with Gasteiger partial charge in [0.1, 0.15) is 0 Å². The molecule has 88 valence electrons. The van der Waals surface area contributed by atoms with E-state index in [9.17, 15) is 0 Å². The number of hydrogen-bond donors (Lipinski definition) is 1. The van der Waals surface area contributed by atoms with Crippen molar-refractivity contribution in [2.75, 3.05) is 5.32 Å². The van der Waals surface area contributed by atoms with Crippen molar-refractivity contribution in [2.24, 2.45) is 0 Å². The Bertz CT molecular complexity index is 547. The number of benzene rings is 1. The van der Waals surface area contributed by atoms with Crippen molar-refractivity contribution in [1.29, 1.82) is 0 Å². The van der Waals surface area contributed by atoms with Gasteiger partial charge in [-0.3, -0.25) is 4.98 Å². The van der Waals surface area contributed by atoms with Crippen molar-refractivity contribution in [3.8, 4) is 0 Å². The summed E-state index contributed by atoms with van der Waals surface area (Å²) in [6.45, 7) is 2.03. The molecule has 1 fully saturated rings. The number of rotatable bonds is 2. The first-order valence-corrected chi connectivity index (χ1v) is 6.43. The zero-order valence-corrected chi connectivity index (χ0v) is 10.5. The number of aryl methyl sites for hydroxylation is 1. The molecule has 1 N–H and O–H groups in total. The van der Waals surface area contributed by atoms with Gasteiger partial charge in [-0.05, 0) is 31.9 Å². The highest BCUT2D eigenvalue weighted by Crippen LogP contribution is 2.31. The van der Waals surface area contributed by atoms with Gasteiger partial charge in [-0.25, -0.2) is 0 Å². The third-order valence-electron chi connectivity index (χ3n) is 3.28. The van der Waals surface area contributed by atoms with Crippen LogP contribution in [0.3, 0.4) is 0 Å². The summed E-state index contributed by atoms with van der Waals surface area (Å²) in [6.07, 6.45) is 2.11. The summed E-state index contributed by atoms with van der Waals surface area (Å²) in [5, 5.41) is 5.11. The molecule has 17 heavy (non-hydrogen) atoms. The van der Waals surface area contributed by atoms with E-state index in [1.165, 1.54) is 11.1 Å². The van der Waals surface area contributed by atoms with Gasteiger partial charge in [-0.1, -0.05) is 18.2 Å². The summed E-state index contributed by atoms with van der Waals surface area (Å²) >= 11 is 6.01. The second-order valence-corrected chi connectivity index (χ2v) is 5.36. The standard InChI is InChI=1S/C14H15ClN2/c1-9-6-14(17-11-7-10(15)8-11)12-4-2-3-5-13(12)16-9/h2-6,10-11H,7-8H2,1H3,(H,16,17). The number of alkyl halides is 1. The molecule has 1 aliphatic carbocycles. The smallest absolute Gasteiger partial charge is 0.0725 e. The number of aromatic nitrogens is 1. The second kappa shape index (κ2) is 4.19. The fraction of sp³-hybridized carbons (Fsp3) is 0.357. The minimum atomic E-state index is 0.349. The van der Waals surface area contributed by atoms with Gasteiger partial charge in [-0.2, -0.15) is 0 Å². The lowest BCUT2D eigenvalue weighted by atomic mass is 9.92. The van der Waals surface area contributed by atoms with Crippen LogP contribution in [0.15, 0.2) is 30.3 Å². The van der Waals surface area contributed by atoms with E-state index in [1.54, 1.807) is 0 Å². The molecular weight excluding hydrogens is 232 g/mol. The van der Waals surface area contributed by atoms with Crippen LogP contribution in [-0.2, 0) is 0 Å². The molecule has 0 atom stereocenters. The number of pyridine rings is 1. The Morgan fingerprint density at radius 2 is 2.06 bits per heavy atom. The molecule has 1 aromatic heterocycles. The van der Waals surface area contributed by atoms with E-state index in [0.717, 1.165) is 24.1 Å². The molecule has 0 unspecified atom stereocenters. The maximum atomic E-state index is 6.01. The van der Waals surface area contributed by atoms with E-state index in [-0.39, 0.29) is 0 Å². The lowest BCUT2D eigenvalue weighted by molar-refractivity contribution is 0.455. The molecule has 0 spiro atoms. The van der Waals surface area contributed by atoms with Gasteiger partial charge >= 0.3 is 0 Å². The van der Waals surface area contributed by atoms with Crippen molar-refractivity contribution in [1.82, 2.24) is 4.98 Å². The first-order valence-electron chi connectivity index (χ1n) is 5.99. The van der Waals surface area contributed by atoms with Crippen LogP contribution in [0, 0.1) is 6.92 Å². The highest BCUT2D eigenvalue weighted by molar-refractivity contribution is 6.21. The van der Waals surface area contributed by atoms with E-state index < -0.39 is 0 Å². The molecule has 1 heterocycles. The first kappa shape index (κ1) is 10.8. The predicted molar refractivity (Wildman–Crippen MR) is 72.8 cm³/mol. The summed E-state index contributed by atoms with van der Waals surface area (Å²) in [5.41, 5.74) is 3.28. The first-order chi connectivity index (χ1) is 8.22. The van der Waals surface area contributed by atoms with Crippen molar-refractivity contribution >= 4 is 28.2 Å². The molecule has 0 radical (unpaired) electrons. The van der Waals surface area contributed by atoms with E-state index in [0.29, 0.717) is 11.4 Å². The fourth-order valence-corrected chi connectivity index (χ4v) is 2.74. The lowest BCUT2D eigenvalue weighted by Gasteiger charge is -2.32. The van der Waals surface area contributed by atoms with Crippen LogP contribution in [-0.4, -0.2) is 16.4 Å². The van der Waals surface area contributed by atoms with E-state index in [4.69, 9.17) is 11.6 Å². The molecule has 2 aromatic rings. The number of hydrogen-bond acceptors (Lipinski definition) is 2. The van der Waals surface area contributed by atoms with Gasteiger partial charge in [0.15, 0.2) is 0 Å². The maximum Gasteiger partial charge on any atom is 0.0725 e. The zero-order chi connectivity index (χ0) is 11.8. The van der Waals surface area contributed by atoms with Gasteiger partial charge in [0.2, 0.25) is 0 Å². The van der Waals surface area contributed by atoms with Crippen LogP contribution in [0.25, 0.3) is 10.9 Å². The largest absolute Gasteiger partial charge is 0.382 e. The Morgan fingerprint density at radius 3 is 2.82 bits per heavy atom. The van der Waals surface area contributed by atoms with Gasteiger partial charge in [-0.15, -0.1) is 11.6 Å². The minimum absolute atomic E-state index is 0.349. The van der Waals surface area contributed by atoms with Crippen LogP contribution < -0.4 is 5.32 Å². The van der Waals surface area contributed by atoms with Gasteiger partial charge in [0.05, 0.1) is 5.52 Å². The molecule has 0 aliphatic heterocycles. The van der Waals surface area contributed by atoms with Crippen LogP contribution in [0.1, 0.15) is 18.5 Å². The van der Waals surface area contributed by atoms with Crippen molar-refractivity contribution < 1.29 is 0 Å². The van der Waals surface area contributed by atoms with Crippen LogP contribution in [0.4, 0.5) is 5.69 Å². The van der Waals surface area contributed by atoms with Crippen LogP contribution >= 0.6 is 11.6 Å². The molecule has 2 nitrogen and oxygen atoms in total. The number of para-hydroxylation sites is 1. The third kappa shape index (κ3) is 2.09. The molecule has 0 bridgehead atoms. The Labute approximate surface area is 106 Å². The molecule has 3 rings (SSSR count). The molecule has 0 amide bonds. The Kier molecular flexibility index (Phi) is 2.67. The summed E-state index contributed by atoms with van der Waals surface area (Å²) in [4.78, 5) is 4.54. The summed E-state index contributed by atoms with van der Waals surface area (Å²) in [6, 6.07) is 10.9. The van der Waals surface area contributed by atoms with Crippen molar-refractivity contribution in [3.63, 3.8) is 0 Å². The summed E-state index contributed by atoms with van der Waals surface area (Å²) < 4.78 is 0. The number of anilines is 1. The molecule has 1 aromatic carbocycles. The SMILES string of the molecule is Cc1cc(NC2CC(Cl)C2)c2ccccc2n1. The topological polar surface area (TPSA) is 24.9 Å². The average Bonchev–Trinajstić information content (AvgIpc) is 2.26. The Hall–Kier alpha value is -1.28. The third-order valence-corrected chi connectivity index (χ3v) is 3.64. The van der Waals surface area contributed by atoms with Crippen LogP contribution in [0.2, 0.25) is 0 Å².